The number of halogens is 1. The molecule has 1 aliphatic heterocycles. The number of anilines is 1. The van der Waals surface area contributed by atoms with Crippen LogP contribution in [0.5, 0.6) is 5.75 Å². The van der Waals surface area contributed by atoms with E-state index in [2.05, 4.69) is 5.32 Å². The van der Waals surface area contributed by atoms with Crippen molar-refractivity contribution in [2.45, 2.75) is 13.8 Å². The summed E-state index contributed by atoms with van der Waals surface area (Å²) in [5, 5.41) is 10.8. The number of amides is 4. The number of benzene rings is 2. The molecule has 0 aromatic heterocycles. The van der Waals surface area contributed by atoms with E-state index in [-0.39, 0.29) is 12.2 Å². The zero-order valence-corrected chi connectivity index (χ0v) is 17.8. The number of nitrogens with zero attached hydrogens (tertiary/aromatic N) is 2. The number of rotatable bonds is 4. The van der Waals surface area contributed by atoms with Crippen molar-refractivity contribution in [1.29, 1.82) is 5.26 Å². The molecule has 0 bridgehead atoms. The Morgan fingerprint density at radius 2 is 1.90 bits per heavy atom. The SMILES string of the molecule is Cc1ccc(N2C(=O)NC(=O)/C(=C\c3ccc(OCC#N)c(I)c3)C2=O)cc1C. The number of carbonyl (C=O) groups is 3. The molecule has 8 heteroatoms. The third kappa shape index (κ3) is 4.30. The molecule has 29 heavy (non-hydrogen) atoms. The van der Waals surface area contributed by atoms with Crippen LogP contribution in [0.25, 0.3) is 6.08 Å². The van der Waals surface area contributed by atoms with Crippen molar-refractivity contribution in [2.24, 2.45) is 0 Å². The lowest BCUT2D eigenvalue weighted by atomic mass is 10.1. The van der Waals surface area contributed by atoms with Crippen LogP contribution in [0.15, 0.2) is 42.0 Å². The van der Waals surface area contributed by atoms with Crippen LogP contribution in [0, 0.1) is 28.7 Å². The molecule has 1 fully saturated rings. The predicted octanol–water partition coefficient (Wildman–Crippen LogP) is 3.48. The van der Waals surface area contributed by atoms with Crippen molar-refractivity contribution >= 4 is 52.2 Å². The fourth-order valence-corrected chi connectivity index (χ4v) is 3.45. The molecule has 2 aromatic carbocycles. The van der Waals surface area contributed by atoms with E-state index in [9.17, 15) is 14.4 Å². The van der Waals surface area contributed by atoms with Gasteiger partial charge in [-0.3, -0.25) is 14.9 Å². The number of ether oxygens (including phenoxy) is 1. The first-order valence-corrected chi connectivity index (χ1v) is 9.67. The summed E-state index contributed by atoms with van der Waals surface area (Å²) < 4.78 is 6.01. The van der Waals surface area contributed by atoms with Crippen molar-refractivity contribution in [1.82, 2.24) is 5.32 Å². The van der Waals surface area contributed by atoms with Crippen LogP contribution in [0.1, 0.15) is 16.7 Å². The van der Waals surface area contributed by atoms with Gasteiger partial charge in [0.2, 0.25) is 0 Å². The molecule has 4 amide bonds. The summed E-state index contributed by atoms with van der Waals surface area (Å²) in [5.74, 6) is -0.914. The fraction of sp³-hybridized carbons (Fsp3) is 0.143. The highest BCUT2D eigenvalue weighted by Gasteiger charge is 2.36. The Bertz CT molecular complexity index is 1100. The maximum atomic E-state index is 13.0. The molecule has 7 nitrogen and oxygen atoms in total. The largest absolute Gasteiger partial charge is 0.478 e. The Balaban J connectivity index is 1.96. The average Bonchev–Trinajstić information content (AvgIpc) is 2.67. The smallest absolute Gasteiger partial charge is 0.335 e. The number of nitriles is 1. The van der Waals surface area contributed by atoms with Gasteiger partial charge in [-0.15, -0.1) is 0 Å². The molecule has 1 aliphatic rings. The Hall–Kier alpha value is -3.19. The molecular formula is C21H16IN3O4. The van der Waals surface area contributed by atoms with Gasteiger partial charge in [0.1, 0.15) is 17.4 Å². The first kappa shape index (κ1) is 20.5. The predicted molar refractivity (Wildman–Crippen MR) is 115 cm³/mol. The van der Waals surface area contributed by atoms with E-state index >= 15 is 0 Å². The third-order valence-electron chi connectivity index (χ3n) is 4.41. The van der Waals surface area contributed by atoms with Crippen molar-refractivity contribution in [3.8, 4) is 11.8 Å². The third-order valence-corrected chi connectivity index (χ3v) is 5.25. The number of imide groups is 2. The molecule has 146 valence electrons. The van der Waals surface area contributed by atoms with Crippen LogP contribution in [-0.2, 0) is 9.59 Å². The zero-order chi connectivity index (χ0) is 21.1. The summed E-state index contributed by atoms with van der Waals surface area (Å²) in [6.45, 7) is 3.73. The van der Waals surface area contributed by atoms with Gasteiger partial charge < -0.3 is 4.74 Å². The van der Waals surface area contributed by atoms with E-state index in [1.165, 1.54) is 6.08 Å². The van der Waals surface area contributed by atoms with Crippen LogP contribution in [0.2, 0.25) is 0 Å². The van der Waals surface area contributed by atoms with E-state index < -0.39 is 17.8 Å². The van der Waals surface area contributed by atoms with Crippen LogP contribution in [0.4, 0.5) is 10.5 Å². The number of urea groups is 1. The van der Waals surface area contributed by atoms with Crippen molar-refractivity contribution in [3.05, 3.63) is 62.2 Å². The lowest BCUT2D eigenvalue weighted by molar-refractivity contribution is -0.122. The van der Waals surface area contributed by atoms with Gasteiger partial charge in [-0.1, -0.05) is 12.1 Å². The summed E-state index contributed by atoms with van der Waals surface area (Å²) >= 11 is 2.04. The highest BCUT2D eigenvalue weighted by molar-refractivity contribution is 14.1. The first-order chi connectivity index (χ1) is 13.8. The van der Waals surface area contributed by atoms with Crippen LogP contribution in [-0.4, -0.2) is 24.5 Å². The lowest BCUT2D eigenvalue weighted by Gasteiger charge is -2.26. The summed E-state index contributed by atoms with van der Waals surface area (Å²) in [7, 11) is 0. The van der Waals surface area contributed by atoms with E-state index in [0.29, 0.717) is 17.0 Å². The first-order valence-electron chi connectivity index (χ1n) is 8.60. The highest BCUT2D eigenvalue weighted by Crippen LogP contribution is 2.26. The van der Waals surface area contributed by atoms with Crippen molar-refractivity contribution in [3.63, 3.8) is 0 Å². The summed E-state index contributed by atoms with van der Waals surface area (Å²) in [6, 6.07) is 11.4. The van der Waals surface area contributed by atoms with Gasteiger partial charge in [0.15, 0.2) is 6.61 Å². The normalized spacial score (nSPS) is 15.3. The minimum Gasteiger partial charge on any atom is -0.478 e. The summed E-state index contributed by atoms with van der Waals surface area (Å²) in [5.41, 5.74) is 2.78. The molecule has 0 spiro atoms. The minimum atomic E-state index is -0.782. The minimum absolute atomic E-state index is 0.0790. The number of carbonyl (C=O) groups excluding carboxylic acids is 3. The van der Waals surface area contributed by atoms with E-state index in [4.69, 9.17) is 10.00 Å². The molecular weight excluding hydrogens is 485 g/mol. The molecule has 3 rings (SSSR count). The Labute approximate surface area is 181 Å². The topological polar surface area (TPSA) is 99.5 Å². The average molecular weight is 501 g/mol. The molecule has 1 heterocycles. The Morgan fingerprint density at radius 1 is 1.14 bits per heavy atom. The number of nitrogens with one attached hydrogen (secondary N) is 1. The van der Waals surface area contributed by atoms with E-state index in [0.717, 1.165) is 19.6 Å². The molecule has 0 unspecified atom stereocenters. The monoisotopic (exact) mass is 501 g/mol. The number of aryl methyl sites for hydroxylation is 2. The molecule has 0 aliphatic carbocycles. The highest BCUT2D eigenvalue weighted by atomic mass is 127. The fourth-order valence-electron chi connectivity index (χ4n) is 2.76. The Morgan fingerprint density at radius 3 is 2.55 bits per heavy atom. The number of hydrogen-bond acceptors (Lipinski definition) is 5. The standard InChI is InChI=1S/C21H16IN3O4/c1-12-3-5-15(9-13(12)2)25-20(27)16(19(26)24-21(25)28)10-14-4-6-18(17(22)11-14)29-8-7-23/h3-6,9-11H,8H2,1-2H3,(H,24,26,28)/b16-10+. The van der Waals surface area contributed by atoms with E-state index in [1.54, 1.807) is 30.3 Å². The van der Waals surface area contributed by atoms with Gasteiger partial charge in [0.25, 0.3) is 11.8 Å². The molecule has 1 saturated heterocycles. The molecule has 0 atom stereocenters. The van der Waals surface area contributed by atoms with Gasteiger partial charge in [-0.2, -0.15) is 5.26 Å². The maximum Gasteiger partial charge on any atom is 0.335 e. The Kier molecular flexibility index (Phi) is 5.98. The van der Waals surface area contributed by atoms with Gasteiger partial charge in [-0.25, -0.2) is 9.69 Å². The molecule has 1 N–H and O–H groups in total. The second-order valence-electron chi connectivity index (χ2n) is 6.36. The van der Waals surface area contributed by atoms with Gasteiger partial charge >= 0.3 is 6.03 Å². The second-order valence-corrected chi connectivity index (χ2v) is 7.53. The lowest BCUT2D eigenvalue weighted by Crippen LogP contribution is -2.54. The van der Waals surface area contributed by atoms with Gasteiger partial charge in [0, 0.05) is 0 Å². The maximum absolute atomic E-state index is 13.0. The molecule has 0 saturated carbocycles. The number of hydrogen-bond donors (Lipinski definition) is 1. The van der Waals surface area contributed by atoms with Crippen LogP contribution in [0.3, 0.4) is 0 Å². The van der Waals surface area contributed by atoms with Gasteiger partial charge in [0.05, 0.1) is 9.26 Å². The van der Waals surface area contributed by atoms with Crippen molar-refractivity contribution < 1.29 is 19.1 Å². The summed E-state index contributed by atoms with van der Waals surface area (Å²) in [4.78, 5) is 38.5. The van der Waals surface area contributed by atoms with Crippen LogP contribution < -0.4 is 15.0 Å². The van der Waals surface area contributed by atoms with Crippen LogP contribution >= 0.6 is 22.6 Å². The number of barbiturate groups is 1. The summed E-state index contributed by atoms with van der Waals surface area (Å²) in [6.07, 6.45) is 1.42. The molecule has 2 aromatic rings. The van der Waals surface area contributed by atoms with Gasteiger partial charge in [-0.05, 0) is 83.5 Å². The second kappa shape index (κ2) is 8.45. The zero-order valence-electron chi connectivity index (χ0n) is 15.7. The quantitative estimate of drug-likeness (QED) is 0.393. The van der Waals surface area contributed by atoms with E-state index in [1.807, 2.05) is 48.6 Å². The molecule has 0 radical (unpaired) electrons. The van der Waals surface area contributed by atoms with Crippen molar-refractivity contribution in [2.75, 3.05) is 11.5 Å².